The summed E-state index contributed by atoms with van der Waals surface area (Å²) in [6, 6.07) is 3.71. The number of ether oxygens (including phenoxy) is 1. The van der Waals surface area contributed by atoms with Crippen LogP contribution in [0.3, 0.4) is 0 Å². The molecule has 1 N–H and O–H groups in total. The average molecular weight is 421 g/mol. The number of esters is 1. The normalized spacial score (nSPS) is 11.5. The molecule has 1 aromatic rings. The number of rotatable bonds is 4. The largest absolute Gasteiger partial charge is 0.424 e. The highest BCUT2D eigenvalue weighted by molar-refractivity contribution is 9.10. The van der Waals surface area contributed by atoms with E-state index in [4.69, 9.17) is 4.74 Å². The third kappa shape index (κ3) is 5.18. The maximum atomic E-state index is 12.4. The van der Waals surface area contributed by atoms with E-state index in [1.165, 1.54) is 0 Å². The third-order valence-corrected chi connectivity index (χ3v) is 4.23. The molecule has 0 saturated carbocycles. The Labute approximate surface area is 163 Å². The maximum Gasteiger partial charge on any atom is 0.316 e. The van der Waals surface area contributed by atoms with E-state index in [1.807, 2.05) is 0 Å². The van der Waals surface area contributed by atoms with Crippen molar-refractivity contribution in [3.63, 3.8) is 0 Å². The van der Waals surface area contributed by atoms with E-state index < -0.39 is 16.8 Å². The fourth-order valence-corrected chi connectivity index (χ4v) is 2.45. The summed E-state index contributed by atoms with van der Waals surface area (Å²) in [6.07, 6.45) is 2.05. The van der Waals surface area contributed by atoms with Gasteiger partial charge in [-0.2, -0.15) is 5.26 Å². The lowest BCUT2D eigenvalue weighted by atomic mass is 9.95. The number of halogens is 1. The summed E-state index contributed by atoms with van der Waals surface area (Å²) in [6.45, 7) is 14.2. The van der Waals surface area contributed by atoms with E-state index in [0.717, 1.165) is 0 Å². The van der Waals surface area contributed by atoms with Crippen LogP contribution in [0.4, 0.5) is 5.69 Å². The van der Waals surface area contributed by atoms with Crippen molar-refractivity contribution in [1.29, 1.82) is 5.26 Å². The number of nitriles is 1. The van der Waals surface area contributed by atoms with E-state index in [-0.39, 0.29) is 17.2 Å². The molecule has 0 unspecified atom stereocenters. The highest BCUT2D eigenvalue weighted by Gasteiger charge is 2.29. The number of amides is 1. The number of anilines is 1. The molecule has 0 bridgehead atoms. The molecule has 0 aliphatic heterocycles. The van der Waals surface area contributed by atoms with Crippen molar-refractivity contribution in [2.24, 2.45) is 10.8 Å². The highest BCUT2D eigenvalue weighted by atomic mass is 79.9. The molecule has 0 atom stereocenters. The highest BCUT2D eigenvalue weighted by Crippen LogP contribution is 2.38. The van der Waals surface area contributed by atoms with Crippen molar-refractivity contribution in [1.82, 2.24) is 0 Å². The maximum absolute atomic E-state index is 12.4. The van der Waals surface area contributed by atoms with Gasteiger partial charge in [0.2, 0.25) is 5.91 Å². The predicted octanol–water partition coefficient (Wildman–Crippen LogP) is 4.99. The molecule has 1 rings (SSSR count). The molecule has 0 fully saturated rings. The molecule has 26 heavy (non-hydrogen) atoms. The second kappa shape index (κ2) is 8.05. The van der Waals surface area contributed by atoms with Crippen LogP contribution < -0.4 is 10.1 Å². The molecule has 6 heteroatoms. The Bertz CT molecular complexity index is 778. The Kier molecular flexibility index (Phi) is 6.78. The Morgan fingerprint density at radius 1 is 1.27 bits per heavy atom. The van der Waals surface area contributed by atoms with Crippen LogP contribution in [-0.4, -0.2) is 11.9 Å². The molecule has 0 radical (unpaired) electrons. The monoisotopic (exact) mass is 420 g/mol. The van der Waals surface area contributed by atoms with Gasteiger partial charge in [-0.3, -0.25) is 9.59 Å². The van der Waals surface area contributed by atoms with Crippen LogP contribution in [0.15, 0.2) is 23.2 Å². The van der Waals surface area contributed by atoms with E-state index in [9.17, 15) is 14.9 Å². The smallest absolute Gasteiger partial charge is 0.316 e. The molecule has 5 nitrogen and oxygen atoms in total. The van der Waals surface area contributed by atoms with Crippen LogP contribution >= 0.6 is 15.9 Å². The van der Waals surface area contributed by atoms with E-state index >= 15 is 0 Å². The number of nitrogens with one attached hydrogen (secondary N) is 1. The van der Waals surface area contributed by atoms with Gasteiger partial charge in [-0.1, -0.05) is 42.8 Å². The fourth-order valence-electron chi connectivity index (χ4n) is 1.88. The van der Waals surface area contributed by atoms with Gasteiger partial charge >= 0.3 is 5.97 Å². The zero-order chi connectivity index (χ0) is 20.3. The first-order valence-electron chi connectivity index (χ1n) is 8.23. The first kappa shape index (κ1) is 21.9. The van der Waals surface area contributed by atoms with Crippen molar-refractivity contribution in [2.75, 3.05) is 5.32 Å². The Balaban J connectivity index is 3.57. The third-order valence-electron chi connectivity index (χ3n) is 3.53. The van der Waals surface area contributed by atoms with Crippen LogP contribution in [0.5, 0.6) is 5.75 Å². The van der Waals surface area contributed by atoms with Gasteiger partial charge in [0.1, 0.15) is 11.6 Å². The van der Waals surface area contributed by atoms with Crippen molar-refractivity contribution in [2.45, 2.75) is 48.0 Å². The Morgan fingerprint density at radius 2 is 1.85 bits per heavy atom. The number of hydrogen-bond acceptors (Lipinski definition) is 4. The number of nitrogens with zero attached hydrogens (tertiary/aromatic N) is 1. The molecule has 140 valence electrons. The second-order valence-corrected chi connectivity index (χ2v) is 8.89. The average Bonchev–Trinajstić information content (AvgIpc) is 2.49. The zero-order valence-corrected chi connectivity index (χ0v) is 17.7. The molecule has 1 aromatic carbocycles. The summed E-state index contributed by atoms with van der Waals surface area (Å²) in [5, 5.41) is 12.4. The summed E-state index contributed by atoms with van der Waals surface area (Å²) >= 11 is 3.44. The van der Waals surface area contributed by atoms with E-state index in [1.54, 1.807) is 53.7 Å². The summed E-state index contributed by atoms with van der Waals surface area (Å²) in [5.74, 6) is -0.568. The van der Waals surface area contributed by atoms with Crippen LogP contribution in [0, 0.1) is 22.2 Å². The minimum atomic E-state index is -0.741. The minimum absolute atomic E-state index is 0.111. The number of carbonyl (C=O) groups is 2. The number of benzene rings is 1. The van der Waals surface area contributed by atoms with Gasteiger partial charge in [0.05, 0.1) is 11.1 Å². The SMILES string of the molecule is C=CCc1c(Br)cc(NC(=O)C(C)(C)C)c(C#N)c1OC(=O)C(C)(C)C. The summed E-state index contributed by atoms with van der Waals surface area (Å²) in [4.78, 5) is 24.8. The quantitative estimate of drug-likeness (QED) is 0.422. The van der Waals surface area contributed by atoms with Crippen molar-refractivity contribution in [3.8, 4) is 11.8 Å². The van der Waals surface area contributed by atoms with Crippen molar-refractivity contribution in [3.05, 3.63) is 34.3 Å². The van der Waals surface area contributed by atoms with Crippen LogP contribution in [-0.2, 0) is 16.0 Å². The molecular formula is C20H25BrN2O3. The van der Waals surface area contributed by atoms with Crippen molar-refractivity contribution >= 4 is 33.5 Å². The molecule has 0 aromatic heterocycles. The van der Waals surface area contributed by atoms with Gasteiger partial charge in [-0.25, -0.2) is 0 Å². The summed E-state index contributed by atoms with van der Waals surface area (Å²) in [5.41, 5.74) is -0.344. The zero-order valence-electron chi connectivity index (χ0n) is 16.1. The molecule has 0 aliphatic rings. The number of carbonyl (C=O) groups excluding carboxylic acids is 2. The predicted molar refractivity (Wildman–Crippen MR) is 106 cm³/mol. The molecule has 0 aliphatic carbocycles. The lowest BCUT2D eigenvalue weighted by molar-refractivity contribution is -0.143. The van der Waals surface area contributed by atoms with Gasteiger partial charge in [0, 0.05) is 15.5 Å². The summed E-state index contributed by atoms with van der Waals surface area (Å²) in [7, 11) is 0. The molecule has 0 saturated heterocycles. The lowest BCUT2D eigenvalue weighted by Gasteiger charge is -2.22. The van der Waals surface area contributed by atoms with Crippen molar-refractivity contribution < 1.29 is 14.3 Å². The fraction of sp³-hybridized carbons (Fsp3) is 0.450. The standard InChI is InChI=1S/C20H25BrN2O3/c1-8-9-12-14(21)10-15(23-17(24)19(2,3)4)13(11-22)16(12)26-18(25)20(5,6)7/h8,10H,1,9H2,2-7H3,(H,23,24). The van der Waals surface area contributed by atoms with Gasteiger partial charge < -0.3 is 10.1 Å². The van der Waals surface area contributed by atoms with Gasteiger partial charge in [-0.05, 0) is 33.3 Å². The van der Waals surface area contributed by atoms with E-state index in [0.29, 0.717) is 22.1 Å². The first-order valence-corrected chi connectivity index (χ1v) is 9.02. The minimum Gasteiger partial charge on any atom is -0.424 e. The van der Waals surface area contributed by atoms with Crippen LogP contribution in [0.2, 0.25) is 0 Å². The molecule has 0 spiro atoms. The van der Waals surface area contributed by atoms with Gasteiger partial charge in [0.15, 0.2) is 5.75 Å². The van der Waals surface area contributed by atoms with Gasteiger partial charge in [-0.15, -0.1) is 6.58 Å². The van der Waals surface area contributed by atoms with Gasteiger partial charge in [0.25, 0.3) is 0 Å². The first-order chi connectivity index (χ1) is 11.8. The molecular weight excluding hydrogens is 396 g/mol. The summed E-state index contributed by atoms with van der Waals surface area (Å²) < 4.78 is 6.21. The number of allylic oxidation sites excluding steroid dienone is 1. The Hall–Kier alpha value is -2.13. The topological polar surface area (TPSA) is 79.2 Å². The second-order valence-electron chi connectivity index (χ2n) is 8.04. The molecule has 1 amide bonds. The van der Waals surface area contributed by atoms with Crippen LogP contribution in [0.1, 0.15) is 52.7 Å². The Morgan fingerprint density at radius 3 is 2.27 bits per heavy atom. The van der Waals surface area contributed by atoms with Crippen LogP contribution in [0.25, 0.3) is 0 Å². The lowest BCUT2D eigenvalue weighted by Crippen LogP contribution is -2.29. The van der Waals surface area contributed by atoms with E-state index in [2.05, 4.69) is 33.9 Å². The molecule has 0 heterocycles. The number of hydrogen-bond donors (Lipinski definition) is 1.